The molecule has 1 aliphatic rings. The SMILES string of the molecule is O=C(O)C1CCC(CNCCCCC(F)(F)F)O1. The Kier molecular flexibility index (Phi) is 5.87. The smallest absolute Gasteiger partial charge is 0.389 e. The van der Waals surface area contributed by atoms with Crippen LogP contribution < -0.4 is 5.32 Å². The molecule has 0 bridgehead atoms. The third-order valence-corrected chi connectivity index (χ3v) is 2.82. The standard InChI is InChI=1S/C11H18F3NO3/c12-11(13,14)5-1-2-6-15-7-8-3-4-9(18-8)10(16)17/h8-9,15H,1-7H2,(H,16,17). The molecule has 0 radical (unpaired) electrons. The van der Waals surface area contributed by atoms with E-state index in [0.717, 1.165) is 0 Å². The molecule has 0 saturated carbocycles. The Morgan fingerprint density at radius 3 is 2.61 bits per heavy atom. The van der Waals surface area contributed by atoms with Crippen molar-refractivity contribution < 1.29 is 27.8 Å². The van der Waals surface area contributed by atoms with Crippen LogP contribution in [0.3, 0.4) is 0 Å². The molecule has 106 valence electrons. The molecule has 4 nitrogen and oxygen atoms in total. The molecule has 1 rings (SSSR count). The minimum Gasteiger partial charge on any atom is -0.479 e. The van der Waals surface area contributed by atoms with Crippen LogP contribution in [0.4, 0.5) is 13.2 Å². The molecular weight excluding hydrogens is 251 g/mol. The molecule has 0 aromatic heterocycles. The molecule has 0 aliphatic carbocycles. The van der Waals surface area contributed by atoms with Gasteiger partial charge in [0.1, 0.15) is 0 Å². The van der Waals surface area contributed by atoms with E-state index >= 15 is 0 Å². The van der Waals surface area contributed by atoms with Gasteiger partial charge in [0, 0.05) is 13.0 Å². The first kappa shape index (κ1) is 15.2. The summed E-state index contributed by atoms with van der Waals surface area (Å²) in [5.74, 6) is -0.956. The highest BCUT2D eigenvalue weighted by Gasteiger charge is 2.30. The third-order valence-electron chi connectivity index (χ3n) is 2.82. The van der Waals surface area contributed by atoms with E-state index in [4.69, 9.17) is 9.84 Å². The molecule has 1 fully saturated rings. The first-order valence-corrected chi connectivity index (χ1v) is 6.04. The molecule has 1 heterocycles. The summed E-state index contributed by atoms with van der Waals surface area (Å²) in [6.07, 6.45) is -3.98. The second-order valence-corrected chi connectivity index (χ2v) is 4.44. The summed E-state index contributed by atoms with van der Waals surface area (Å²) in [7, 11) is 0. The number of hydrogen-bond acceptors (Lipinski definition) is 3. The highest BCUT2D eigenvalue weighted by molar-refractivity contribution is 5.72. The van der Waals surface area contributed by atoms with Crippen LogP contribution in [0.15, 0.2) is 0 Å². The van der Waals surface area contributed by atoms with E-state index in [9.17, 15) is 18.0 Å². The second-order valence-electron chi connectivity index (χ2n) is 4.44. The monoisotopic (exact) mass is 269 g/mol. The predicted molar refractivity (Wildman–Crippen MR) is 58.3 cm³/mol. The fourth-order valence-electron chi connectivity index (χ4n) is 1.88. The van der Waals surface area contributed by atoms with Crippen molar-refractivity contribution in [2.24, 2.45) is 0 Å². The van der Waals surface area contributed by atoms with Gasteiger partial charge in [-0.2, -0.15) is 13.2 Å². The molecule has 1 aliphatic heterocycles. The molecule has 7 heteroatoms. The van der Waals surface area contributed by atoms with Gasteiger partial charge in [-0.25, -0.2) is 4.79 Å². The van der Waals surface area contributed by atoms with Crippen LogP contribution >= 0.6 is 0 Å². The van der Waals surface area contributed by atoms with E-state index in [0.29, 0.717) is 32.4 Å². The largest absolute Gasteiger partial charge is 0.479 e. The first-order chi connectivity index (χ1) is 8.38. The maximum absolute atomic E-state index is 11.8. The lowest BCUT2D eigenvalue weighted by Gasteiger charge is -2.12. The Morgan fingerprint density at radius 2 is 2.06 bits per heavy atom. The van der Waals surface area contributed by atoms with Crippen LogP contribution in [0.1, 0.15) is 32.1 Å². The predicted octanol–water partition coefficient (Wildman–Crippen LogP) is 1.94. The molecule has 2 unspecified atom stereocenters. The summed E-state index contributed by atoms with van der Waals surface area (Å²) in [5.41, 5.74) is 0. The van der Waals surface area contributed by atoms with Gasteiger partial charge in [0.05, 0.1) is 6.10 Å². The number of hydrogen-bond donors (Lipinski definition) is 2. The minimum atomic E-state index is -4.08. The number of nitrogens with one attached hydrogen (secondary N) is 1. The molecule has 2 atom stereocenters. The number of halogens is 3. The van der Waals surface area contributed by atoms with Gasteiger partial charge in [0.25, 0.3) is 0 Å². The first-order valence-electron chi connectivity index (χ1n) is 6.04. The van der Waals surface area contributed by atoms with Crippen molar-refractivity contribution in [3.63, 3.8) is 0 Å². The average Bonchev–Trinajstić information content (AvgIpc) is 2.70. The van der Waals surface area contributed by atoms with Crippen molar-refractivity contribution >= 4 is 5.97 Å². The molecular formula is C11H18F3NO3. The number of ether oxygens (including phenoxy) is 1. The summed E-state index contributed by atoms with van der Waals surface area (Å²) in [4.78, 5) is 10.6. The van der Waals surface area contributed by atoms with Crippen LogP contribution in [0.5, 0.6) is 0 Å². The maximum atomic E-state index is 11.8. The fourth-order valence-corrected chi connectivity index (χ4v) is 1.88. The molecule has 0 amide bonds. The van der Waals surface area contributed by atoms with Crippen LogP contribution in [-0.4, -0.2) is 42.5 Å². The Labute approximate surface area is 103 Å². The van der Waals surface area contributed by atoms with E-state index in [1.165, 1.54) is 0 Å². The van der Waals surface area contributed by atoms with Crippen molar-refractivity contribution in [2.75, 3.05) is 13.1 Å². The number of carboxylic acids is 1. The van der Waals surface area contributed by atoms with Crippen molar-refractivity contribution in [1.82, 2.24) is 5.32 Å². The summed E-state index contributed by atoms with van der Waals surface area (Å²) >= 11 is 0. The Bertz CT molecular complexity index is 271. The number of alkyl halides is 3. The summed E-state index contributed by atoms with van der Waals surface area (Å²) in [5, 5.41) is 11.7. The molecule has 0 aromatic rings. The molecule has 1 saturated heterocycles. The lowest BCUT2D eigenvalue weighted by Crippen LogP contribution is -2.29. The normalized spacial score (nSPS) is 24.4. The average molecular weight is 269 g/mol. The van der Waals surface area contributed by atoms with Gasteiger partial charge in [-0.3, -0.25) is 0 Å². The van der Waals surface area contributed by atoms with Gasteiger partial charge in [0.15, 0.2) is 6.10 Å². The van der Waals surface area contributed by atoms with Crippen LogP contribution in [0.2, 0.25) is 0 Å². The van der Waals surface area contributed by atoms with Crippen molar-refractivity contribution in [2.45, 2.75) is 50.5 Å². The maximum Gasteiger partial charge on any atom is 0.389 e. The Morgan fingerprint density at radius 1 is 1.33 bits per heavy atom. The Hall–Kier alpha value is -0.820. The summed E-state index contributed by atoms with van der Waals surface area (Å²) in [6.45, 7) is 0.990. The van der Waals surface area contributed by atoms with Gasteiger partial charge in [-0.15, -0.1) is 0 Å². The Balaban J connectivity index is 1.98. The minimum absolute atomic E-state index is 0.111. The zero-order chi connectivity index (χ0) is 13.6. The topological polar surface area (TPSA) is 58.6 Å². The van der Waals surface area contributed by atoms with Gasteiger partial charge in [0.2, 0.25) is 0 Å². The number of unbranched alkanes of at least 4 members (excludes halogenated alkanes) is 1. The lowest BCUT2D eigenvalue weighted by molar-refractivity contribution is -0.149. The highest BCUT2D eigenvalue weighted by Crippen LogP contribution is 2.22. The second kappa shape index (κ2) is 6.94. The van der Waals surface area contributed by atoms with Crippen LogP contribution in [0, 0.1) is 0 Å². The molecule has 0 spiro atoms. The number of aliphatic carboxylic acids is 1. The van der Waals surface area contributed by atoms with E-state index in [-0.39, 0.29) is 12.5 Å². The van der Waals surface area contributed by atoms with Gasteiger partial charge >= 0.3 is 12.1 Å². The van der Waals surface area contributed by atoms with E-state index in [1.807, 2.05) is 0 Å². The fraction of sp³-hybridized carbons (Fsp3) is 0.909. The van der Waals surface area contributed by atoms with Crippen LogP contribution in [0.25, 0.3) is 0 Å². The van der Waals surface area contributed by atoms with E-state index < -0.39 is 24.7 Å². The third kappa shape index (κ3) is 6.20. The van der Waals surface area contributed by atoms with Gasteiger partial charge in [-0.1, -0.05) is 0 Å². The number of carboxylic acid groups (broad SMARTS) is 1. The summed E-state index contributed by atoms with van der Waals surface area (Å²) in [6, 6.07) is 0. The molecule has 0 aromatic carbocycles. The lowest BCUT2D eigenvalue weighted by atomic mass is 10.2. The van der Waals surface area contributed by atoms with Crippen molar-refractivity contribution in [3.8, 4) is 0 Å². The van der Waals surface area contributed by atoms with Crippen molar-refractivity contribution in [1.29, 1.82) is 0 Å². The highest BCUT2D eigenvalue weighted by atomic mass is 19.4. The van der Waals surface area contributed by atoms with Gasteiger partial charge in [-0.05, 0) is 32.2 Å². The summed E-state index contributed by atoms with van der Waals surface area (Å²) < 4.78 is 40.7. The van der Waals surface area contributed by atoms with E-state index in [1.54, 1.807) is 0 Å². The van der Waals surface area contributed by atoms with Crippen LogP contribution in [-0.2, 0) is 9.53 Å². The quantitative estimate of drug-likeness (QED) is 0.693. The zero-order valence-corrected chi connectivity index (χ0v) is 10.0. The molecule has 18 heavy (non-hydrogen) atoms. The zero-order valence-electron chi connectivity index (χ0n) is 10.0. The van der Waals surface area contributed by atoms with Crippen molar-refractivity contribution in [3.05, 3.63) is 0 Å². The molecule has 2 N–H and O–H groups in total. The number of rotatable bonds is 7. The van der Waals surface area contributed by atoms with E-state index in [2.05, 4.69) is 5.32 Å². The van der Waals surface area contributed by atoms with Gasteiger partial charge < -0.3 is 15.2 Å². The number of carbonyl (C=O) groups is 1.